The zero-order valence-corrected chi connectivity index (χ0v) is 18.6. The smallest absolute Gasteiger partial charge is 0.491 e. The molecule has 0 saturated heterocycles. The van der Waals surface area contributed by atoms with Gasteiger partial charge in [0, 0.05) is 6.54 Å². The van der Waals surface area contributed by atoms with E-state index in [0.29, 0.717) is 47.9 Å². The molecule has 1 aliphatic heterocycles. The number of ether oxygens (including phenoxy) is 2. The highest BCUT2D eigenvalue weighted by Gasteiger charge is 2.31. The number of sulfone groups is 1. The fourth-order valence-corrected chi connectivity index (χ4v) is 5.59. The molecule has 0 aromatic heterocycles. The Labute approximate surface area is 190 Å². The second kappa shape index (κ2) is 9.24. The van der Waals surface area contributed by atoms with E-state index in [4.69, 9.17) is 4.74 Å². The third kappa shape index (κ3) is 6.40. The van der Waals surface area contributed by atoms with Crippen molar-refractivity contribution in [3.05, 3.63) is 48.0 Å². The first-order valence-electron chi connectivity index (χ1n) is 10.7. The minimum atomic E-state index is -4.77. The molecule has 0 bridgehead atoms. The van der Waals surface area contributed by atoms with E-state index in [1.807, 2.05) is 0 Å². The highest BCUT2D eigenvalue weighted by molar-refractivity contribution is 7.91. The van der Waals surface area contributed by atoms with Gasteiger partial charge in [-0.1, -0.05) is 18.2 Å². The maximum atomic E-state index is 13.1. The summed E-state index contributed by atoms with van der Waals surface area (Å²) in [6.45, 7) is 0.935. The first kappa shape index (κ1) is 23.4. The van der Waals surface area contributed by atoms with Crippen LogP contribution >= 0.6 is 0 Å². The summed E-state index contributed by atoms with van der Waals surface area (Å²) in [4.78, 5) is 14.7. The van der Waals surface area contributed by atoms with Gasteiger partial charge in [0.2, 0.25) is 0 Å². The maximum Gasteiger partial charge on any atom is 0.573 e. The van der Waals surface area contributed by atoms with Crippen LogP contribution in [0.1, 0.15) is 29.6 Å². The van der Waals surface area contributed by atoms with Crippen LogP contribution in [-0.2, 0) is 9.84 Å². The highest BCUT2D eigenvalue weighted by Crippen LogP contribution is 2.32. The van der Waals surface area contributed by atoms with E-state index < -0.39 is 16.2 Å². The molecule has 4 rings (SSSR count). The van der Waals surface area contributed by atoms with Crippen molar-refractivity contribution >= 4 is 15.7 Å². The minimum absolute atomic E-state index is 0.0490. The van der Waals surface area contributed by atoms with Gasteiger partial charge in [-0.15, -0.1) is 13.2 Å². The Morgan fingerprint density at radius 3 is 2.42 bits per heavy atom. The molecule has 2 aromatic carbocycles. The van der Waals surface area contributed by atoms with Gasteiger partial charge < -0.3 is 14.4 Å². The van der Waals surface area contributed by atoms with Crippen LogP contribution in [-0.4, -0.2) is 56.8 Å². The number of amides is 1. The molecular formula is C23H24F3NO5S. The van der Waals surface area contributed by atoms with Gasteiger partial charge in [0.05, 0.1) is 23.6 Å². The number of hydrogen-bond donors (Lipinski definition) is 0. The average Bonchev–Trinajstić information content (AvgIpc) is 3.56. The number of rotatable bonds is 8. The quantitative estimate of drug-likeness (QED) is 0.560. The van der Waals surface area contributed by atoms with Crippen LogP contribution < -0.4 is 9.47 Å². The first-order valence-corrected chi connectivity index (χ1v) is 12.5. The molecular weight excluding hydrogens is 459 g/mol. The number of nitrogens with zero attached hydrogens (tertiary/aromatic N) is 1. The topological polar surface area (TPSA) is 72.9 Å². The second-order valence-corrected chi connectivity index (χ2v) is 10.6. The molecule has 6 nitrogen and oxygen atoms in total. The molecule has 2 aliphatic rings. The number of carbonyl (C=O) groups excluding carboxylic acids is 1. The molecule has 1 aliphatic carbocycles. The van der Waals surface area contributed by atoms with Gasteiger partial charge in [0.1, 0.15) is 18.1 Å². The lowest BCUT2D eigenvalue weighted by atomic mass is 10.0. The summed E-state index contributed by atoms with van der Waals surface area (Å²) in [7, 11) is -3.11. The van der Waals surface area contributed by atoms with Gasteiger partial charge in [0.25, 0.3) is 5.91 Å². The van der Waals surface area contributed by atoms with Crippen molar-refractivity contribution in [3.8, 4) is 22.6 Å². The second-order valence-electron chi connectivity index (χ2n) is 8.34. The summed E-state index contributed by atoms with van der Waals surface area (Å²) >= 11 is 0. The van der Waals surface area contributed by atoms with Crippen molar-refractivity contribution in [2.24, 2.45) is 5.92 Å². The molecule has 1 amide bonds. The van der Waals surface area contributed by atoms with E-state index in [1.54, 1.807) is 23.1 Å². The number of fused-ring (bicyclic) bond motifs is 1. The molecule has 10 heteroatoms. The number of alkyl halides is 3. The van der Waals surface area contributed by atoms with Crippen LogP contribution in [0.25, 0.3) is 11.1 Å². The largest absolute Gasteiger partial charge is 0.573 e. The average molecular weight is 484 g/mol. The number of benzene rings is 2. The predicted octanol–water partition coefficient (Wildman–Crippen LogP) is 4.30. The molecule has 0 unspecified atom stereocenters. The Kier molecular flexibility index (Phi) is 6.56. The molecule has 0 atom stereocenters. The molecule has 0 N–H and O–H groups in total. The molecule has 33 heavy (non-hydrogen) atoms. The van der Waals surface area contributed by atoms with Crippen molar-refractivity contribution in [2.75, 3.05) is 31.2 Å². The lowest BCUT2D eigenvalue weighted by Crippen LogP contribution is -2.34. The lowest BCUT2D eigenvalue weighted by Gasteiger charge is -2.20. The summed E-state index contributed by atoms with van der Waals surface area (Å²) in [6.07, 6.45) is -2.47. The van der Waals surface area contributed by atoms with E-state index in [0.717, 1.165) is 12.8 Å². The van der Waals surface area contributed by atoms with Gasteiger partial charge in [-0.2, -0.15) is 0 Å². The van der Waals surface area contributed by atoms with Crippen LogP contribution in [0.15, 0.2) is 42.5 Å². The summed E-state index contributed by atoms with van der Waals surface area (Å²) in [5.41, 5.74) is 1.58. The summed E-state index contributed by atoms with van der Waals surface area (Å²) in [6, 6.07) is 10.4. The first-order chi connectivity index (χ1) is 15.6. The Morgan fingerprint density at radius 1 is 1.06 bits per heavy atom. The van der Waals surface area contributed by atoms with Gasteiger partial charge in [-0.3, -0.25) is 4.79 Å². The summed E-state index contributed by atoms with van der Waals surface area (Å²) in [5, 5.41) is 0. The Hall–Kier alpha value is -2.75. The fourth-order valence-electron chi connectivity index (χ4n) is 3.80. The van der Waals surface area contributed by atoms with Crippen LogP contribution in [0.3, 0.4) is 0 Å². The third-order valence-corrected chi connectivity index (χ3v) is 7.50. The summed E-state index contributed by atoms with van der Waals surface area (Å²) < 4.78 is 71.1. The minimum Gasteiger partial charge on any atom is -0.491 e. The number of halogens is 3. The van der Waals surface area contributed by atoms with Crippen molar-refractivity contribution < 1.29 is 35.9 Å². The summed E-state index contributed by atoms with van der Waals surface area (Å²) in [5.74, 6) is 0.396. The highest BCUT2D eigenvalue weighted by atomic mass is 32.2. The maximum absolute atomic E-state index is 13.1. The van der Waals surface area contributed by atoms with Crippen LogP contribution in [0.4, 0.5) is 13.2 Å². The van der Waals surface area contributed by atoms with E-state index in [1.165, 1.54) is 24.3 Å². The number of carbonyl (C=O) groups is 1. The van der Waals surface area contributed by atoms with Gasteiger partial charge in [0.15, 0.2) is 9.84 Å². The van der Waals surface area contributed by atoms with Crippen LogP contribution in [0.2, 0.25) is 0 Å². The molecule has 1 heterocycles. The lowest BCUT2D eigenvalue weighted by molar-refractivity contribution is -0.274. The van der Waals surface area contributed by atoms with Gasteiger partial charge >= 0.3 is 6.36 Å². The normalized spacial score (nSPS) is 16.7. The monoisotopic (exact) mass is 483 g/mol. The Bertz CT molecular complexity index is 1110. The zero-order chi connectivity index (χ0) is 23.6. The van der Waals surface area contributed by atoms with Crippen molar-refractivity contribution in [1.29, 1.82) is 0 Å². The SMILES string of the molecule is O=C1c2cc(-c3ccc(OC(F)(F)F)cc3)ccc2OCCN1CCCS(=O)(=O)CC1CC1. The van der Waals surface area contributed by atoms with E-state index >= 15 is 0 Å². The van der Waals surface area contributed by atoms with Crippen molar-refractivity contribution in [1.82, 2.24) is 4.90 Å². The predicted molar refractivity (Wildman–Crippen MR) is 116 cm³/mol. The van der Waals surface area contributed by atoms with Crippen molar-refractivity contribution in [3.63, 3.8) is 0 Å². The Morgan fingerprint density at radius 2 is 1.76 bits per heavy atom. The molecule has 0 radical (unpaired) electrons. The van der Waals surface area contributed by atoms with E-state index in [-0.39, 0.29) is 29.8 Å². The third-order valence-electron chi connectivity index (χ3n) is 5.61. The van der Waals surface area contributed by atoms with Gasteiger partial charge in [-0.05, 0) is 60.6 Å². The molecule has 2 aromatic rings. The standard InChI is InChI=1S/C23H24F3NO5S/c24-23(25,26)32-19-7-4-17(5-8-19)18-6-9-21-20(14-18)22(28)27(11-12-31-21)10-1-13-33(29,30)15-16-2-3-16/h4-9,14,16H,1-3,10-13,15H2. The van der Waals surface area contributed by atoms with Gasteiger partial charge in [-0.25, -0.2) is 8.42 Å². The Balaban J connectivity index is 1.45. The van der Waals surface area contributed by atoms with E-state index in [9.17, 15) is 26.4 Å². The zero-order valence-electron chi connectivity index (χ0n) is 17.8. The van der Waals surface area contributed by atoms with E-state index in [2.05, 4.69) is 4.74 Å². The van der Waals surface area contributed by atoms with Crippen LogP contribution in [0.5, 0.6) is 11.5 Å². The molecule has 1 saturated carbocycles. The van der Waals surface area contributed by atoms with Crippen LogP contribution in [0, 0.1) is 5.92 Å². The van der Waals surface area contributed by atoms with Crippen molar-refractivity contribution in [2.45, 2.75) is 25.6 Å². The molecule has 1 fully saturated rings. The fraction of sp³-hybridized carbons (Fsp3) is 0.435. The molecule has 178 valence electrons. The number of hydrogen-bond acceptors (Lipinski definition) is 5. The molecule has 0 spiro atoms.